The number of carbonyl (C=O) groups is 8. The van der Waals surface area contributed by atoms with Crippen LogP contribution in [0.25, 0.3) is 0 Å². The first-order chi connectivity index (χ1) is 22.4. The lowest BCUT2D eigenvalue weighted by Crippen LogP contribution is -2.58. The Kier molecular flexibility index (Phi) is 17.3. The largest absolute Gasteiger partial charge is 0.481 e. The van der Waals surface area contributed by atoms with E-state index in [2.05, 4.69) is 26.6 Å². The normalized spacial score (nSPS) is 14.6. The molecule has 266 valence electrons. The molecule has 5 amide bonds. The average molecular weight is 679 g/mol. The Labute approximate surface area is 277 Å². The van der Waals surface area contributed by atoms with Gasteiger partial charge < -0.3 is 47.6 Å². The minimum absolute atomic E-state index is 0.0185. The van der Waals surface area contributed by atoms with E-state index in [-0.39, 0.29) is 38.0 Å². The van der Waals surface area contributed by atoms with Crippen molar-refractivity contribution in [1.29, 1.82) is 0 Å². The summed E-state index contributed by atoms with van der Waals surface area (Å²) >= 11 is 0. The number of amides is 5. The average Bonchev–Trinajstić information content (AvgIpc) is 2.99. The standard InChI is InChI=1S/C31H46N6O11/c1-16(2)13-23(31(47)48)37-30(46)22(14-19-9-6-5-7-10-19)36-27(43)18(4)33-26(42)17(3)34-29(45)21(11-8-12-24(38)39)35-28(44)20(32)15-25(40)41/h5-7,9-10,16-18,20-23H,8,11-15,32H2,1-4H3,(H,33,42)(H,34,45)(H,35,44)(H,36,43)(H,37,46)(H,38,39)(H,40,41)(H,47,48)/t17-,18-,20-,21-,22-,23-/m0/s1. The predicted octanol–water partition coefficient (Wildman–Crippen LogP) is -1.12. The molecule has 0 radical (unpaired) electrons. The molecule has 17 nitrogen and oxygen atoms in total. The Morgan fingerprint density at radius 3 is 1.67 bits per heavy atom. The van der Waals surface area contributed by atoms with E-state index < -0.39 is 90.1 Å². The molecule has 0 aliphatic heterocycles. The summed E-state index contributed by atoms with van der Waals surface area (Å²) in [6, 6.07) is 0.941. The first-order valence-corrected chi connectivity index (χ1v) is 15.4. The second-order valence-electron chi connectivity index (χ2n) is 11.8. The molecule has 0 fully saturated rings. The van der Waals surface area contributed by atoms with E-state index in [4.69, 9.17) is 15.9 Å². The number of benzene rings is 1. The fourth-order valence-electron chi connectivity index (χ4n) is 4.39. The summed E-state index contributed by atoms with van der Waals surface area (Å²) < 4.78 is 0. The third-order valence-electron chi connectivity index (χ3n) is 6.99. The van der Waals surface area contributed by atoms with Crippen LogP contribution >= 0.6 is 0 Å². The fraction of sp³-hybridized carbons (Fsp3) is 0.548. The SMILES string of the molecule is CC(C)C[C@H](NC(=O)[C@H](Cc1ccccc1)NC(=O)[C@H](C)NC(=O)[C@H](C)NC(=O)[C@H](CCCC(=O)O)NC(=O)[C@@H](N)CC(=O)O)C(=O)O. The van der Waals surface area contributed by atoms with Gasteiger partial charge in [-0.3, -0.25) is 33.6 Å². The maximum atomic E-state index is 13.2. The van der Waals surface area contributed by atoms with Crippen LogP contribution in [0.2, 0.25) is 0 Å². The Morgan fingerprint density at radius 2 is 1.15 bits per heavy atom. The lowest BCUT2D eigenvalue weighted by atomic mass is 10.0. The maximum Gasteiger partial charge on any atom is 0.326 e. The second-order valence-corrected chi connectivity index (χ2v) is 11.8. The molecule has 1 rings (SSSR count). The van der Waals surface area contributed by atoms with Gasteiger partial charge in [-0.15, -0.1) is 0 Å². The van der Waals surface area contributed by atoms with E-state index in [1.54, 1.807) is 44.2 Å². The van der Waals surface area contributed by atoms with Gasteiger partial charge in [-0.05, 0) is 44.6 Å². The van der Waals surface area contributed by atoms with E-state index in [9.17, 15) is 43.5 Å². The Hall–Kier alpha value is -5.06. The molecule has 0 aromatic heterocycles. The number of rotatable bonds is 21. The Morgan fingerprint density at radius 1 is 0.646 bits per heavy atom. The molecule has 0 aliphatic rings. The maximum absolute atomic E-state index is 13.2. The number of hydrogen-bond acceptors (Lipinski definition) is 9. The van der Waals surface area contributed by atoms with E-state index in [0.29, 0.717) is 5.56 Å². The minimum atomic E-state index is -1.49. The molecular formula is C31H46N6O11. The molecule has 6 atom stereocenters. The van der Waals surface area contributed by atoms with Crippen molar-refractivity contribution in [3.63, 3.8) is 0 Å². The molecule has 1 aromatic rings. The fourth-order valence-corrected chi connectivity index (χ4v) is 4.39. The third-order valence-corrected chi connectivity index (χ3v) is 6.99. The zero-order valence-electron chi connectivity index (χ0n) is 27.4. The zero-order chi connectivity index (χ0) is 36.6. The van der Waals surface area contributed by atoms with Gasteiger partial charge >= 0.3 is 17.9 Å². The van der Waals surface area contributed by atoms with Gasteiger partial charge in [0.2, 0.25) is 29.5 Å². The van der Waals surface area contributed by atoms with Crippen molar-refractivity contribution in [3.8, 4) is 0 Å². The molecule has 0 heterocycles. The van der Waals surface area contributed by atoms with Crippen LogP contribution in [0.1, 0.15) is 65.4 Å². The zero-order valence-corrected chi connectivity index (χ0v) is 27.4. The summed E-state index contributed by atoms with van der Waals surface area (Å²) in [7, 11) is 0. The van der Waals surface area contributed by atoms with Crippen LogP contribution in [-0.2, 0) is 44.8 Å². The van der Waals surface area contributed by atoms with E-state index in [1.165, 1.54) is 13.8 Å². The van der Waals surface area contributed by atoms with Crippen LogP contribution in [0.5, 0.6) is 0 Å². The molecule has 0 spiro atoms. The molecule has 0 bridgehead atoms. The van der Waals surface area contributed by atoms with Gasteiger partial charge in [-0.2, -0.15) is 0 Å². The van der Waals surface area contributed by atoms with Crippen LogP contribution in [0.15, 0.2) is 30.3 Å². The van der Waals surface area contributed by atoms with E-state index in [0.717, 1.165) is 0 Å². The van der Waals surface area contributed by atoms with Crippen molar-refractivity contribution in [1.82, 2.24) is 26.6 Å². The molecular weight excluding hydrogens is 632 g/mol. The van der Waals surface area contributed by atoms with Gasteiger partial charge in [0, 0.05) is 12.8 Å². The number of carboxylic acids is 3. The molecule has 48 heavy (non-hydrogen) atoms. The molecule has 0 saturated heterocycles. The van der Waals surface area contributed by atoms with Crippen molar-refractivity contribution in [2.45, 2.75) is 102 Å². The minimum Gasteiger partial charge on any atom is -0.481 e. The number of hydrogen-bond donors (Lipinski definition) is 9. The van der Waals surface area contributed by atoms with Gasteiger partial charge in [-0.1, -0.05) is 44.2 Å². The van der Waals surface area contributed by atoms with E-state index >= 15 is 0 Å². The second kappa shape index (κ2) is 20.2. The number of nitrogens with one attached hydrogen (secondary N) is 5. The highest BCUT2D eigenvalue weighted by Crippen LogP contribution is 2.09. The smallest absolute Gasteiger partial charge is 0.326 e. The van der Waals surface area contributed by atoms with E-state index in [1.807, 2.05) is 0 Å². The third kappa shape index (κ3) is 15.5. The molecule has 10 N–H and O–H groups in total. The monoisotopic (exact) mass is 678 g/mol. The summed E-state index contributed by atoms with van der Waals surface area (Å²) in [4.78, 5) is 98.0. The predicted molar refractivity (Wildman–Crippen MR) is 170 cm³/mol. The Bertz CT molecular complexity index is 1310. The highest BCUT2D eigenvalue weighted by atomic mass is 16.4. The number of carbonyl (C=O) groups excluding carboxylic acids is 5. The van der Waals surface area contributed by atoms with Crippen LogP contribution in [0, 0.1) is 5.92 Å². The van der Waals surface area contributed by atoms with Gasteiger partial charge in [-0.25, -0.2) is 4.79 Å². The first-order valence-electron chi connectivity index (χ1n) is 15.4. The molecule has 0 saturated carbocycles. The summed E-state index contributed by atoms with van der Waals surface area (Å²) in [5.74, 6) is -7.97. The molecule has 17 heteroatoms. The molecule has 0 unspecified atom stereocenters. The quantitative estimate of drug-likeness (QED) is 0.0748. The highest BCUT2D eigenvalue weighted by Gasteiger charge is 2.31. The summed E-state index contributed by atoms with van der Waals surface area (Å²) in [5.41, 5.74) is 6.23. The summed E-state index contributed by atoms with van der Waals surface area (Å²) in [5, 5.41) is 39.4. The van der Waals surface area contributed by atoms with Gasteiger partial charge in [0.05, 0.1) is 12.5 Å². The lowest BCUT2D eigenvalue weighted by Gasteiger charge is -2.25. The summed E-state index contributed by atoms with van der Waals surface area (Å²) in [6.07, 6.45) is -1.09. The van der Waals surface area contributed by atoms with Crippen molar-refractivity contribution in [2.75, 3.05) is 0 Å². The molecule has 0 aliphatic carbocycles. The lowest BCUT2D eigenvalue weighted by molar-refractivity contribution is -0.143. The van der Waals surface area contributed by atoms with Crippen molar-refractivity contribution >= 4 is 47.4 Å². The summed E-state index contributed by atoms with van der Waals surface area (Å²) in [6.45, 7) is 6.22. The highest BCUT2D eigenvalue weighted by molar-refractivity contribution is 5.96. The van der Waals surface area contributed by atoms with Gasteiger partial charge in [0.1, 0.15) is 30.2 Å². The first kappa shape index (κ1) is 41.0. The topological polar surface area (TPSA) is 283 Å². The van der Waals surface area contributed by atoms with Gasteiger partial charge in [0.25, 0.3) is 0 Å². The Balaban J connectivity index is 2.97. The van der Waals surface area contributed by atoms with Crippen LogP contribution in [0.4, 0.5) is 0 Å². The van der Waals surface area contributed by atoms with Crippen molar-refractivity contribution in [2.24, 2.45) is 11.7 Å². The van der Waals surface area contributed by atoms with Crippen LogP contribution in [0.3, 0.4) is 0 Å². The number of aliphatic carboxylic acids is 3. The van der Waals surface area contributed by atoms with Crippen molar-refractivity contribution in [3.05, 3.63) is 35.9 Å². The number of nitrogens with two attached hydrogens (primary N) is 1. The van der Waals surface area contributed by atoms with Crippen LogP contribution in [-0.4, -0.2) is 99.0 Å². The number of carboxylic acid groups (broad SMARTS) is 3. The van der Waals surface area contributed by atoms with Crippen LogP contribution < -0.4 is 32.3 Å². The van der Waals surface area contributed by atoms with Gasteiger partial charge in [0.15, 0.2) is 0 Å². The van der Waals surface area contributed by atoms with Crippen molar-refractivity contribution < 1.29 is 53.7 Å². The molecule has 1 aromatic carbocycles.